The molecule has 2 aliphatic rings. The van der Waals surface area contributed by atoms with Crippen molar-refractivity contribution in [2.24, 2.45) is 0 Å². The maximum atomic E-state index is 12.8. The van der Waals surface area contributed by atoms with Crippen LogP contribution in [0.5, 0.6) is 0 Å². The molecule has 196 valence electrons. The minimum Gasteiger partial charge on any atom is -0.461 e. The quantitative estimate of drug-likeness (QED) is 0.446. The Morgan fingerprint density at radius 1 is 1.08 bits per heavy atom. The van der Waals surface area contributed by atoms with Gasteiger partial charge in [0.15, 0.2) is 0 Å². The molecule has 4 rings (SSSR count). The number of hydrogen-bond acceptors (Lipinski definition) is 6. The van der Waals surface area contributed by atoms with Gasteiger partial charge in [0.1, 0.15) is 18.3 Å². The minimum absolute atomic E-state index is 0.0839. The summed E-state index contributed by atoms with van der Waals surface area (Å²) in [5.41, 5.74) is 3.01. The molecule has 2 saturated heterocycles. The SMILES string of the molecule is CC(CCC(=O)OCc1ccccc1)c1ccc(N2CC3CCC(C2)N3C(=O)OC(C)(C)C)c(C#N)c1. The number of anilines is 1. The van der Waals surface area contributed by atoms with Crippen molar-refractivity contribution in [1.29, 1.82) is 5.26 Å². The van der Waals surface area contributed by atoms with Gasteiger partial charge in [-0.05, 0) is 69.2 Å². The van der Waals surface area contributed by atoms with Crippen molar-refractivity contribution < 1.29 is 19.1 Å². The first-order valence-corrected chi connectivity index (χ1v) is 13.1. The van der Waals surface area contributed by atoms with Crippen LogP contribution in [0.25, 0.3) is 0 Å². The van der Waals surface area contributed by atoms with Gasteiger partial charge in [0, 0.05) is 19.5 Å². The Bertz CT molecular complexity index is 1140. The van der Waals surface area contributed by atoms with Crippen LogP contribution in [-0.2, 0) is 20.9 Å². The third-order valence-electron chi connectivity index (χ3n) is 7.16. The summed E-state index contributed by atoms with van der Waals surface area (Å²) in [4.78, 5) is 29.2. The van der Waals surface area contributed by atoms with Crippen LogP contribution in [0.4, 0.5) is 10.5 Å². The highest BCUT2D eigenvalue weighted by molar-refractivity contribution is 5.71. The van der Waals surface area contributed by atoms with E-state index in [1.165, 1.54) is 0 Å². The molecule has 0 saturated carbocycles. The fraction of sp³-hybridized carbons (Fsp3) is 0.500. The van der Waals surface area contributed by atoms with Gasteiger partial charge in [-0.25, -0.2) is 4.79 Å². The van der Waals surface area contributed by atoms with E-state index in [9.17, 15) is 14.9 Å². The number of nitrogens with zero attached hydrogens (tertiary/aromatic N) is 3. The van der Waals surface area contributed by atoms with E-state index in [0.29, 0.717) is 31.5 Å². The zero-order valence-corrected chi connectivity index (χ0v) is 22.3. The number of amides is 1. The molecule has 7 nitrogen and oxygen atoms in total. The molecule has 3 atom stereocenters. The lowest BCUT2D eigenvalue weighted by Gasteiger charge is -2.42. The molecule has 0 aromatic heterocycles. The zero-order chi connectivity index (χ0) is 26.6. The molecule has 0 aliphatic carbocycles. The van der Waals surface area contributed by atoms with Gasteiger partial charge in [-0.2, -0.15) is 5.26 Å². The van der Waals surface area contributed by atoms with E-state index in [-0.39, 0.29) is 36.7 Å². The van der Waals surface area contributed by atoms with Crippen LogP contribution in [0.15, 0.2) is 48.5 Å². The molecule has 2 fully saturated rings. The summed E-state index contributed by atoms with van der Waals surface area (Å²) in [6.45, 7) is 9.39. The highest BCUT2D eigenvalue weighted by Gasteiger charge is 2.44. The van der Waals surface area contributed by atoms with Crippen LogP contribution >= 0.6 is 0 Å². The standard InChI is InChI=1S/C30H37N3O4/c1-21(10-15-28(34)36-20-22-8-6-5-7-9-22)23-11-14-27(24(16-23)17-31)32-18-25-12-13-26(19-32)33(25)29(35)37-30(2,3)4/h5-9,11,14,16,21,25-26H,10,12-13,15,18-20H2,1-4H3. The molecule has 2 bridgehead atoms. The summed E-state index contributed by atoms with van der Waals surface area (Å²) in [5, 5.41) is 9.93. The number of nitriles is 1. The van der Waals surface area contributed by atoms with Crippen molar-refractivity contribution in [2.45, 2.75) is 83.6 Å². The summed E-state index contributed by atoms with van der Waals surface area (Å²) >= 11 is 0. The van der Waals surface area contributed by atoms with Crippen molar-refractivity contribution in [1.82, 2.24) is 4.90 Å². The number of esters is 1. The molecular weight excluding hydrogens is 466 g/mol. The van der Waals surface area contributed by atoms with E-state index >= 15 is 0 Å². The first-order valence-electron chi connectivity index (χ1n) is 13.1. The summed E-state index contributed by atoms with van der Waals surface area (Å²) in [7, 11) is 0. The van der Waals surface area contributed by atoms with Crippen LogP contribution in [0, 0.1) is 11.3 Å². The number of carbonyl (C=O) groups is 2. The van der Waals surface area contributed by atoms with Crippen molar-refractivity contribution in [3.05, 3.63) is 65.2 Å². The molecule has 0 spiro atoms. The summed E-state index contributed by atoms with van der Waals surface area (Å²) in [6, 6.07) is 18.2. The molecular formula is C30H37N3O4. The van der Waals surface area contributed by atoms with Crippen LogP contribution in [0.1, 0.15) is 76.0 Å². The van der Waals surface area contributed by atoms with Crippen molar-refractivity contribution in [2.75, 3.05) is 18.0 Å². The van der Waals surface area contributed by atoms with Gasteiger partial charge < -0.3 is 14.4 Å². The number of ether oxygens (including phenoxy) is 2. The molecule has 0 radical (unpaired) electrons. The Hall–Kier alpha value is -3.53. The van der Waals surface area contributed by atoms with Crippen molar-refractivity contribution in [3.63, 3.8) is 0 Å². The fourth-order valence-corrected chi connectivity index (χ4v) is 5.25. The third-order valence-corrected chi connectivity index (χ3v) is 7.16. The predicted octanol–water partition coefficient (Wildman–Crippen LogP) is 5.77. The van der Waals surface area contributed by atoms with Crippen LogP contribution in [0.3, 0.4) is 0 Å². The molecule has 1 amide bonds. The Kier molecular flexibility index (Phi) is 8.06. The van der Waals surface area contributed by atoms with Gasteiger partial charge in [-0.3, -0.25) is 9.69 Å². The molecule has 7 heteroatoms. The smallest absolute Gasteiger partial charge is 0.410 e. The van der Waals surface area contributed by atoms with Gasteiger partial charge in [-0.1, -0.05) is 43.3 Å². The van der Waals surface area contributed by atoms with Crippen LogP contribution < -0.4 is 4.90 Å². The average molecular weight is 504 g/mol. The Balaban J connectivity index is 1.35. The van der Waals surface area contributed by atoms with E-state index in [0.717, 1.165) is 29.7 Å². The van der Waals surface area contributed by atoms with E-state index < -0.39 is 5.60 Å². The summed E-state index contributed by atoms with van der Waals surface area (Å²) < 4.78 is 11.0. The largest absolute Gasteiger partial charge is 0.461 e. The van der Waals surface area contributed by atoms with Gasteiger partial charge in [0.2, 0.25) is 0 Å². The lowest BCUT2D eigenvalue weighted by Crippen LogP contribution is -2.57. The lowest BCUT2D eigenvalue weighted by molar-refractivity contribution is -0.145. The highest BCUT2D eigenvalue weighted by Crippen LogP contribution is 2.36. The molecule has 0 N–H and O–H groups in total. The molecule has 37 heavy (non-hydrogen) atoms. The molecule has 2 heterocycles. The van der Waals surface area contributed by atoms with E-state index in [2.05, 4.69) is 24.0 Å². The monoisotopic (exact) mass is 503 g/mol. The minimum atomic E-state index is -0.521. The van der Waals surface area contributed by atoms with Gasteiger partial charge >= 0.3 is 12.1 Å². The van der Waals surface area contributed by atoms with E-state index in [4.69, 9.17) is 9.47 Å². The maximum absolute atomic E-state index is 12.8. The second-order valence-electron chi connectivity index (χ2n) is 11.2. The van der Waals surface area contributed by atoms with Crippen molar-refractivity contribution in [3.8, 4) is 6.07 Å². The number of rotatable bonds is 7. The molecule has 2 aromatic carbocycles. The zero-order valence-electron chi connectivity index (χ0n) is 22.3. The second-order valence-corrected chi connectivity index (χ2v) is 11.2. The number of piperazine rings is 1. The molecule has 3 unspecified atom stereocenters. The van der Waals surface area contributed by atoms with Crippen LogP contribution in [0.2, 0.25) is 0 Å². The number of carbonyl (C=O) groups excluding carboxylic acids is 2. The molecule has 2 aliphatic heterocycles. The highest BCUT2D eigenvalue weighted by atomic mass is 16.6. The number of benzene rings is 2. The maximum Gasteiger partial charge on any atom is 0.410 e. The predicted molar refractivity (Wildman–Crippen MR) is 142 cm³/mol. The fourth-order valence-electron chi connectivity index (χ4n) is 5.25. The Labute approximate surface area is 220 Å². The third kappa shape index (κ3) is 6.62. The van der Waals surface area contributed by atoms with E-state index in [1.54, 1.807) is 0 Å². The Morgan fingerprint density at radius 2 is 1.76 bits per heavy atom. The molecule has 2 aromatic rings. The van der Waals surface area contributed by atoms with Crippen molar-refractivity contribution >= 4 is 17.7 Å². The van der Waals surface area contributed by atoms with Gasteiger partial charge in [-0.15, -0.1) is 0 Å². The first-order chi connectivity index (χ1) is 17.6. The Morgan fingerprint density at radius 3 is 2.38 bits per heavy atom. The van der Waals surface area contributed by atoms with E-state index in [1.807, 2.05) is 68.1 Å². The number of fused-ring (bicyclic) bond motifs is 2. The summed E-state index contributed by atoms with van der Waals surface area (Å²) in [6.07, 6.45) is 2.62. The normalized spacial score (nSPS) is 19.8. The van der Waals surface area contributed by atoms with Gasteiger partial charge in [0.25, 0.3) is 0 Å². The lowest BCUT2D eigenvalue weighted by atomic mass is 9.94. The average Bonchev–Trinajstić information content (AvgIpc) is 3.15. The number of hydrogen-bond donors (Lipinski definition) is 0. The topological polar surface area (TPSA) is 82.9 Å². The van der Waals surface area contributed by atoms with Gasteiger partial charge in [0.05, 0.1) is 23.3 Å². The summed E-state index contributed by atoms with van der Waals surface area (Å²) in [5.74, 6) is -0.100. The first kappa shape index (κ1) is 26.5. The second kappa shape index (κ2) is 11.2. The van der Waals surface area contributed by atoms with Crippen LogP contribution in [-0.4, -0.2) is 47.7 Å².